The highest BCUT2D eigenvalue weighted by atomic mass is 32.2. The van der Waals surface area contributed by atoms with Gasteiger partial charge in [0.2, 0.25) is 0 Å². The fraction of sp³-hybridized carbons (Fsp3) is 1.00. The van der Waals surface area contributed by atoms with Crippen LogP contribution in [0.1, 0.15) is 39.0 Å². The first-order valence-electron chi connectivity index (χ1n) is 6.03. The molecule has 5 heteroatoms. The average molecular weight is 250 g/mol. The van der Waals surface area contributed by atoms with Gasteiger partial charge in [-0.2, -0.15) is 0 Å². The highest BCUT2D eigenvalue weighted by Gasteiger charge is 2.19. The smallest absolute Gasteiger partial charge is 0.150 e. The predicted octanol–water partition coefficient (Wildman–Crippen LogP) is 1.13. The molecular weight excluding hydrogens is 228 g/mol. The highest BCUT2D eigenvalue weighted by molar-refractivity contribution is 7.91. The number of rotatable bonds is 6. The van der Waals surface area contributed by atoms with Crippen LogP contribution >= 0.6 is 0 Å². The van der Waals surface area contributed by atoms with Gasteiger partial charge in [0, 0.05) is 12.4 Å². The Morgan fingerprint density at radius 3 is 2.44 bits per heavy atom. The summed E-state index contributed by atoms with van der Waals surface area (Å²) >= 11 is 0. The fourth-order valence-corrected chi connectivity index (χ4v) is 2.73. The first-order chi connectivity index (χ1) is 7.53. The lowest BCUT2D eigenvalue weighted by molar-refractivity contribution is -0.00257. The standard InChI is InChI=1S/C11H22O4S/c1-2-16(13,14)9-3-8-15-11-6-4-10(12)5-7-11/h10-12H,2-9H2,1H3. The van der Waals surface area contributed by atoms with Gasteiger partial charge in [0.1, 0.15) is 9.84 Å². The largest absolute Gasteiger partial charge is 0.393 e. The maximum atomic E-state index is 11.2. The van der Waals surface area contributed by atoms with Crippen LogP contribution in [0.3, 0.4) is 0 Å². The number of hydrogen-bond donors (Lipinski definition) is 1. The topological polar surface area (TPSA) is 63.6 Å². The van der Waals surface area contributed by atoms with Crippen LogP contribution < -0.4 is 0 Å². The Balaban J connectivity index is 2.08. The fourth-order valence-electron chi connectivity index (χ4n) is 1.89. The summed E-state index contributed by atoms with van der Waals surface area (Å²) in [5, 5.41) is 9.30. The van der Waals surface area contributed by atoms with E-state index >= 15 is 0 Å². The van der Waals surface area contributed by atoms with E-state index in [0.29, 0.717) is 13.0 Å². The van der Waals surface area contributed by atoms with Crippen molar-refractivity contribution in [1.82, 2.24) is 0 Å². The summed E-state index contributed by atoms with van der Waals surface area (Å²) < 4.78 is 28.0. The third-order valence-electron chi connectivity index (χ3n) is 3.04. The van der Waals surface area contributed by atoms with Crippen molar-refractivity contribution in [3.05, 3.63) is 0 Å². The van der Waals surface area contributed by atoms with Crippen molar-refractivity contribution < 1.29 is 18.3 Å². The number of aliphatic hydroxyl groups is 1. The monoisotopic (exact) mass is 250 g/mol. The van der Waals surface area contributed by atoms with Crippen molar-refractivity contribution in [2.45, 2.75) is 51.2 Å². The van der Waals surface area contributed by atoms with Crippen LogP contribution in [0, 0.1) is 0 Å². The molecule has 1 aliphatic carbocycles. The van der Waals surface area contributed by atoms with Crippen LogP contribution in [0.15, 0.2) is 0 Å². The van der Waals surface area contributed by atoms with Gasteiger partial charge in [0.25, 0.3) is 0 Å². The molecule has 1 rings (SSSR count). The van der Waals surface area contributed by atoms with E-state index in [-0.39, 0.29) is 23.7 Å². The molecule has 0 atom stereocenters. The Kier molecular flexibility index (Phi) is 5.72. The van der Waals surface area contributed by atoms with Gasteiger partial charge in [0.05, 0.1) is 18.0 Å². The zero-order chi connectivity index (χ0) is 12.0. The van der Waals surface area contributed by atoms with E-state index < -0.39 is 9.84 Å². The van der Waals surface area contributed by atoms with Gasteiger partial charge >= 0.3 is 0 Å². The molecule has 1 N–H and O–H groups in total. The van der Waals surface area contributed by atoms with Crippen LogP contribution in [0.4, 0.5) is 0 Å². The third-order valence-corrected chi connectivity index (χ3v) is 4.83. The molecule has 96 valence electrons. The molecule has 0 unspecified atom stereocenters. The Morgan fingerprint density at radius 2 is 1.88 bits per heavy atom. The molecule has 0 aromatic carbocycles. The van der Waals surface area contributed by atoms with Gasteiger partial charge in [-0.25, -0.2) is 8.42 Å². The second-order valence-corrected chi connectivity index (χ2v) is 6.86. The Hall–Kier alpha value is -0.130. The van der Waals surface area contributed by atoms with E-state index in [0.717, 1.165) is 25.7 Å². The molecule has 0 saturated heterocycles. The molecule has 0 spiro atoms. The molecule has 1 fully saturated rings. The van der Waals surface area contributed by atoms with E-state index in [2.05, 4.69) is 0 Å². The van der Waals surface area contributed by atoms with E-state index in [9.17, 15) is 13.5 Å². The van der Waals surface area contributed by atoms with Gasteiger partial charge in [-0.05, 0) is 32.1 Å². The minimum Gasteiger partial charge on any atom is -0.393 e. The minimum atomic E-state index is -2.85. The van der Waals surface area contributed by atoms with Crippen molar-refractivity contribution in [2.75, 3.05) is 18.1 Å². The van der Waals surface area contributed by atoms with E-state index in [4.69, 9.17) is 4.74 Å². The second-order valence-electron chi connectivity index (χ2n) is 4.39. The molecule has 0 heterocycles. The van der Waals surface area contributed by atoms with E-state index in [1.807, 2.05) is 0 Å². The van der Waals surface area contributed by atoms with Crippen LogP contribution in [0.5, 0.6) is 0 Å². The van der Waals surface area contributed by atoms with Crippen molar-refractivity contribution in [1.29, 1.82) is 0 Å². The summed E-state index contributed by atoms with van der Waals surface area (Å²) in [5.74, 6) is 0.432. The lowest BCUT2D eigenvalue weighted by Crippen LogP contribution is -2.25. The van der Waals surface area contributed by atoms with Crippen molar-refractivity contribution in [3.63, 3.8) is 0 Å². The number of aliphatic hydroxyl groups excluding tert-OH is 1. The number of hydrogen-bond acceptors (Lipinski definition) is 4. The van der Waals surface area contributed by atoms with Gasteiger partial charge in [-0.1, -0.05) is 6.92 Å². The maximum absolute atomic E-state index is 11.2. The highest BCUT2D eigenvalue weighted by Crippen LogP contribution is 2.20. The van der Waals surface area contributed by atoms with Crippen molar-refractivity contribution in [2.24, 2.45) is 0 Å². The Morgan fingerprint density at radius 1 is 1.25 bits per heavy atom. The summed E-state index contributed by atoms with van der Waals surface area (Å²) in [5.41, 5.74) is 0. The first-order valence-corrected chi connectivity index (χ1v) is 7.85. The average Bonchev–Trinajstić information content (AvgIpc) is 2.27. The third kappa shape index (κ3) is 5.27. The first kappa shape index (κ1) is 13.9. The molecule has 0 aliphatic heterocycles. The number of sulfone groups is 1. The lowest BCUT2D eigenvalue weighted by Gasteiger charge is -2.25. The molecule has 0 aromatic heterocycles. The molecule has 4 nitrogen and oxygen atoms in total. The predicted molar refractivity (Wildman–Crippen MR) is 63.2 cm³/mol. The van der Waals surface area contributed by atoms with Gasteiger partial charge in [-0.3, -0.25) is 0 Å². The Labute approximate surface area is 97.9 Å². The Bertz CT molecular complexity index is 278. The van der Waals surface area contributed by atoms with Crippen LogP contribution in [-0.2, 0) is 14.6 Å². The maximum Gasteiger partial charge on any atom is 0.150 e. The summed E-state index contributed by atoms with van der Waals surface area (Å²) in [6, 6.07) is 0. The quantitative estimate of drug-likeness (QED) is 0.718. The van der Waals surface area contributed by atoms with Gasteiger partial charge in [0.15, 0.2) is 0 Å². The number of ether oxygens (including phenoxy) is 1. The SMILES string of the molecule is CCS(=O)(=O)CCCOC1CCC(O)CC1. The zero-order valence-corrected chi connectivity index (χ0v) is 10.7. The molecule has 0 amide bonds. The molecule has 0 bridgehead atoms. The molecule has 0 radical (unpaired) electrons. The summed E-state index contributed by atoms with van der Waals surface area (Å²) in [7, 11) is -2.85. The van der Waals surface area contributed by atoms with E-state index in [1.54, 1.807) is 6.92 Å². The molecular formula is C11H22O4S. The normalized spacial score (nSPS) is 26.9. The molecule has 16 heavy (non-hydrogen) atoms. The van der Waals surface area contributed by atoms with Crippen molar-refractivity contribution >= 4 is 9.84 Å². The van der Waals surface area contributed by atoms with E-state index in [1.165, 1.54) is 0 Å². The van der Waals surface area contributed by atoms with Crippen LogP contribution in [-0.4, -0.2) is 43.8 Å². The summed E-state index contributed by atoms with van der Waals surface area (Å²) in [4.78, 5) is 0. The van der Waals surface area contributed by atoms with Crippen molar-refractivity contribution in [3.8, 4) is 0 Å². The lowest BCUT2D eigenvalue weighted by atomic mass is 9.95. The summed E-state index contributed by atoms with van der Waals surface area (Å²) in [6.07, 6.45) is 4.02. The minimum absolute atomic E-state index is 0.166. The zero-order valence-electron chi connectivity index (χ0n) is 9.89. The van der Waals surface area contributed by atoms with Crippen LogP contribution in [0.25, 0.3) is 0 Å². The molecule has 1 saturated carbocycles. The second kappa shape index (κ2) is 6.57. The molecule has 1 aliphatic rings. The van der Waals surface area contributed by atoms with Crippen LogP contribution in [0.2, 0.25) is 0 Å². The van der Waals surface area contributed by atoms with Gasteiger partial charge < -0.3 is 9.84 Å². The molecule has 0 aromatic rings. The summed E-state index contributed by atoms with van der Waals surface area (Å²) in [6.45, 7) is 2.18. The van der Waals surface area contributed by atoms with Gasteiger partial charge in [-0.15, -0.1) is 0 Å².